The van der Waals surface area contributed by atoms with Gasteiger partial charge in [0.05, 0.1) is 13.2 Å². The second-order valence-electron chi connectivity index (χ2n) is 3.92. The predicted octanol–water partition coefficient (Wildman–Crippen LogP) is 2.64. The molecule has 1 N–H and O–H groups in total. The maximum absolute atomic E-state index is 9.16. The van der Waals surface area contributed by atoms with Crippen LogP contribution in [0.2, 0.25) is 0 Å². The molecule has 0 radical (unpaired) electrons. The van der Waals surface area contributed by atoms with Crippen LogP contribution in [0.25, 0.3) is 10.9 Å². The highest BCUT2D eigenvalue weighted by atomic mass is 32.1. The van der Waals surface area contributed by atoms with Crippen molar-refractivity contribution in [2.45, 2.75) is 13.2 Å². The maximum Gasteiger partial charge on any atom is 0.112 e. The van der Waals surface area contributed by atoms with Gasteiger partial charge in [-0.15, -0.1) is 11.3 Å². The van der Waals surface area contributed by atoms with Crippen molar-refractivity contribution in [3.05, 3.63) is 52.6 Å². The average Bonchev–Trinajstić information content (AvgIpc) is 2.99. The molecule has 86 valence electrons. The Labute approximate surface area is 103 Å². The summed E-state index contributed by atoms with van der Waals surface area (Å²) in [5.41, 5.74) is 2.09. The number of aromatic nitrogens is 2. The molecule has 3 aromatic rings. The van der Waals surface area contributed by atoms with E-state index in [1.165, 1.54) is 5.39 Å². The van der Waals surface area contributed by atoms with Crippen LogP contribution < -0.4 is 0 Å². The first-order chi connectivity index (χ1) is 8.36. The van der Waals surface area contributed by atoms with Gasteiger partial charge in [0.1, 0.15) is 5.01 Å². The fraction of sp³-hybridized carbons (Fsp3) is 0.154. The topological polar surface area (TPSA) is 38.0 Å². The van der Waals surface area contributed by atoms with Crippen molar-refractivity contribution in [1.82, 2.24) is 9.55 Å². The minimum absolute atomic E-state index is 0.0817. The van der Waals surface area contributed by atoms with Crippen LogP contribution in [0.1, 0.15) is 10.6 Å². The monoisotopic (exact) mass is 244 g/mol. The number of aliphatic hydroxyl groups is 1. The molecule has 0 aliphatic carbocycles. The molecule has 17 heavy (non-hydrogen) atoms. The van der Waals surface area contributed by atoms with Gasteiger partial charge in [0.15, 0.2) is 0 Å². The lowest BCUT2D eigenvalue weighted by molar-refractivity contribution is 0.282. The third-order valence-corrected chi connectivity index (χ3v) is 3.57. The highest BCUT2D eigenvalue weighted by Gasteiger charge is 2.04. The third-order valence-electron chi connectivity index (χ3n) is 2.81. The lowest BCUT2D eigenvalue weighted by atomic mass is 10.2. The number of nitrogens with zero attached hydrogens (tertiary/aromatic N) is 2. The molecule has 2 aromatic heterocycles. The molecule has 0 aliphatic rings. The van der Waals surface area contributed by atoms with E-state index in [4.69, 9.17) is 5.11 Å². The molecule has 0 saturated heterocycles. The van der Waals surface area contributed by atoms with Crippen LogP contribution in [0.4, 0.5) is 0 Å². The Morgan fingerprint density at radius 1 is 1.29 bits per heavy atom. The second-order valence-corrected chi connectivity index (χ2v) is 4.90. The van der Waals surface area contributed by atoms with E-state index in [1.54, 1.807) is 11.3 Å². The molecular weight excluding hydrogens is 232 g/mol. The number of thiazole rings is 1. The fourth-order valence-electron chi connectivity index (χ4n) is 1.94. The second kappa shape index (κ2) is 4.31. The standard InChI is InChI=1S/C13H12N2OS/c16-9-10-1-2-11-3-5-15(12(11)7-10)8-13-14-4-6-17-13/h1-7,16H,8-9H2. The average molecular weight is 244 g/mol. The Morgan fingerprint density at radius 2 is 2.24 bits per heavy atom. The van der Waals surface area contributed by atoms with Crippen molar-refractivity contribution in [3.8, 4) is 0 Å². The van der Waals surface area contributed by atoms with Crippen LogP contribution in [0.15, 0.2) is 42.0 Å². The van der Waals surface area contributed by atoms with Crippen molar-refractivity contribution >= 4 is 22.2 Å². The third kappa shape index (κ3) is 1.97. The molecule has 1 aromatic carbocycles. The summed E-state index contributed by atoms with van der Waals surface area (Å²) in [6.07, 6.45) is 3.89. The van der Waals surface area contributed by atoms with Crippen LogP contribution >= 0.6 is 11.3 Å². The summed E-state index contributed by atoms with van der Waals surface area (Å²) in [5.74, 6) is 0. The van der Waals surface area contributed by atoms with E-state index >= 15 is 0 Å². The molecule has 0 unspecified atom stereocenters. The molecule has 0 spiro atoms. The van der Waals surface area contributed by atoms with Crippen molar-refractivity contribution in [2.75, 3.05) is 0 Å². The SMILES string of the molecule is OCc1ccc2ccn(Cc3nccs3)c2c1. The van der Waals surface area contributed by atoms with Gasteiger partial charge in [-0.25, -0.2) is 4.98 Å². The minimum Gasteiger partial charge on any atom is -0.392 e. The Hall–Kier alpha value is -1.65. The molecule has 2 heterocycles. The van der Waals surface area contributed by atoms with E-state index in [1.807, 2.05) is 29.8 Å². The Morgan fingerprint density at radius 3 is 3.00 bits per heavy atom. The van der Waals surface area contributed by atoms with Gasteiger partial charge in [-0.3, -0.25) is 0 Å². The molecule has 0 aliphatic heterocycles. The van der Waals surface area contributed by atoms with Gasteiger partial charge in [-0.05, 0) is 23.1 Å². The molecule has 0 amide bonds. The molecule has 3 rings (SSSR count). The normalized spacial score (nSPS) is 11.1. The predicted molar refractivity (Wildman–Crippen MR) is 69.1 cm³/mol. The Bertz CT molecular complexity index is 628. The molecular formula is C13H12N2OS. The van der Waals surface area contributed by atoms with E-state index in [9.17, 15) is 0 Å². The zero-order chi connectivity index (χ0) is 11.7. The highest BCUT2D eigenvalue weighted by Crippen LogP contribution is 2.19. The summed E-state index contributed by atoms with van der Waals surface area (Å²) < 4.78 is 2.16. The summed E-state index contributed by atoms with van der Waals surface area (Å²) >= 11 is 1.66. The maximum atomic E-state index is 9.16. The molecule has 4 heteroatoms. The van der Waals surface area contributed by atoms with Crippen LogP contribution in [0, 0.1) is 0 Å². The van der Waals surface area contributed by atoms with Gasteiger partial charge in [-0.1, -0.05) is 12.1 Å². The number of fused-ring (bicyclic) bond motifs is 1. The summed E-state index contributed by atoms with van der Waals surface area (Å²) in [4.78, 5) is 4.29. The first kappa shape index (κ1) is 10.5. The van der Waals surface area contributed by atoms with Crippen molar-refractivity contribution < 1.29 is 5.11 Å². The van der Waals surface area contributed by atoms with E-state index in [-0.39, 0.29) is 6.61 Å². The lowest BCUT2D eigenvalue weighted by Gasteiger charge is -2.04. The first-order valence-electron chi connectivity index (χ1n) is 5.44. The van der Waals surface area contributed by atoms with Crippen molar-refractivity contribution in [2.24, 2.45) is 0 Å². The minimum atomic E-state index is 0.0817. The van der Waals surface area contributed by atoms with Gasteiger partial charge in [0, 0.05) is 23.3 Å². The van der Waals surface area contributed by atoms with Crippen molar-refractivity contribution in [3.63, 3.8) is 0 Å². The first-order valence-corrected chi connectivity index (χ1v) is 6.32. The van der Waals surface area contributed by atoms with Gasteiger partial charge in [-0.2, -0.15) is 0 Å². The molecule has 0 bridgehead atoms. The van der Waals surface area contributed by atoms with Gasteiger partial charge < -0.3 is 9.67 Å². The zero-order valence-corrected chi connectivity index (χ0v) is 10.0. The highest BCUT2D eigenvalue weighted by molar-refractivity contribution is 7.09. The molecule has 3 nitrogen and oxygen atoms in total. The van der Waals surface area contributed by atoms with Gasteiger partial charge in [0.25, 0.3) is 0 Å². The Kier molecular flexibility index (Phi) is 2.66. The largest absolute Gasteiger partial charge is 0.392 e. The summed E-state index contributed by atoms with van der Waals surface area (Å²) in [6, 6.07) is 8.11. The Balaban J connectivity index is 2.04. The van der Waals surface area contributed by atoms with E-state index < -0.39 is 0 Å². The van der Waals surface area contributed by atoms with Crippen LogP contribution in [0.5, 0.6) is 0 Å². The van der Waals surface area contributed by atoms with E-state index in [0.29, 0.717) is 0 Å². The van der Waals surface area contributed by atoms with Crippen LogP contribution in [-0.4, -0.2) is 14.7 Å². The quantitative estimate of drug-likeness (QED) is 0.769. The smallest absolute Gasteiger partial charge is 0.112 e. The zero-order valence-electron chi connectivity index (χ0n) is 9.21. The van der Waals surface area contributed by atoms with Crippen LogP contribution in [0.3, 0.4) is 0 Å². The number of aliphatic hydroxyl groups excluding tert-OH is 1. The summed E-state index contributed by atoms with van der Waals surface area (Å²) in [5, 5.41) is 13.4. The van der Waals surface area contributed by atoms with E-state index in [2.05, 4.69) is 21.8 Å². The van der Waals surface area contributed by atoms with E-state index in [0.717, 1.165) is 22.6 Å². The van der Waals surface area contributed by atoms with Gasteiger partial charge >= 0.3 is 0 Å². The van der Waals surface area contributed by atoms with Gasteiger partial charge in [0.2, 0.25) is 0 Å². The fourth-order valence-corrected chi connectivity index (χ4v) is 2.56. The summed E-state index contributed by atoms with van der Waals surface area (Å²) in [6.45, 7) is 0.869. The number of hydrogen-bond acceptors (Lipinski definition) is 3. The molecule has 0 atom stereocenters. The molecule has 0 fully saturated rings. The molecule has 0 saturated carbocycles. The van der Waals surface area contributed by atoms with Crippen LogP contribution in [-0.2, 0) is 13.2 Å². The van der Waals surface area contributed by atoms with Crippen molar-refractivity contribution in [1.29, 1.82) is 0 Å². The number of benzene rings is 1. The summed E-state index contributed by atoms with van der Waals surface area (Å²) in [7, 11) is 0. The number of rotatable bonds is 3. The number of hydrogen-bond donors (Lipinski definition) is 1. The lowest BCUT2D eigenvalue weighted by Crippen LogP contribution is -1.97.